The molecule has 2 N–H and O–H groups in total. The van der Waals surface area contributed by atoms with Gasteiger partial charge in [-0.25, -0.2) is 0 Å². The molecule has 0 aliphatic carbocycles. The fourth-order valence-corrected chi connectivity index (χ4v) is 4.03. The van der Waals surface area contributed by atoms with E-state index in [4.69, 9.17) is 28.6 Å². The van der Waals surface area contributed by atoms with Crippen molar-refractivity contribution in [1.82, 2.24) is 10.2 Å². The summed E-state index contributed by atoms with van der Waals surface area (Å²) in [7, 11) is 0. The van der Waals surface area contributed by atoms with E-state index in [9.17, 15) is 4.79 Å². The standard InChI is InChI=1S/C24H31ClN4O2S/c1-3-5-16-31-20-9-6-18(7-10-20)23(30)27-24(32)26-19-8-11-22(21(25)17-19)29-14-12-28(4-2)13-15-29/h6-11,17H,3-5,12-16H2,1-2H3,(H2,26,27,30,32). The smallest absolute Gasteiger partial charge is 0.257 e. The molecule has 1 aliphatic heterocycles. The Kier molecular flexibility index (Phi) is 9.14. The minimum atomic E-state index is -0.279. The summed E-state index contributed by atoms with van der Waals surface area (Å²) in [5, 5.41) is 6.63. The molecule has 1 aliphatic rings. The molecule has 3 rings (SSSR count). The van der Waals surface area contributed by atoms with Gasteiger partial charge in [0.2, 0.25) is 0 Å². The SMILES string of the molecule is CCCCOc1ccc(C(=O)NC(=S)Nc2ccc(N3CCN(CC)CC3)c(Cl)c2)cc1. The molecule has 0 bridgehead atoms. The fourth-order valence-electron chi connectivity index (χ4n) is 3.52. The molecule has 1 saturated heterocycles. The van der Waals surface area contributed by atoms with E-state index < -0.39 is 0 Å². The number of ether oxygens (including phenoxy) is 1. The molecule has 172 valence electrons. The lowest BCUT2D eigenvalue weighted by Crippen LogP contribution is -2.46. The second kappa shape index (κ2) is 12.0. The average molecular weight is 475 g/mol. The lowest BCUT2D eigenvalue weighted by atomic mass is 10.2. The molecule has 0 atom stereocenters. The summed E-state index contributed by atoms with van der Waals surface area (Å²) in [5.74, 6) is 0.473. The van der Waals surface area contributed by atoms with Crippen molar-refractivity contribution in [2.45, 2.75) is 26.7 Å². The maximum Gasteiger partial charge on any atom is 0.257 e. The van der Waals surface area contributed by atoms with E-state index in [0.717, 1.165) is 62.7 Å². The van der Waals surface area contributed by atoms with Crippen molar-refractivity contribution < 1.29 is 9.53 Å². The summed E-state index contributed by atoms with van der Waals surface area (Å²) in [4.78, 5) is 17.2. The molecule has 2 aromatic rings. The van der Waals surface area contributed by atoms with Gasteiger partial charge in [-0.3, -0.25) is 10.1 Å². The van der Waals surface area contributed by atoms with Gasteiger partial charge < -0.3 is 19.9 Å². The molecule has 0 aromatic heterocycles. The van der Waals surface area contributed by atoms with E-state index in [1.807, 2.05) is 18.2 Å². The first-order chi connectivity index (χ1) is 15.5. The van der Waals surface area contributed by atoms with Crippen LogP contribution in [-0.2, 0) is 0 Å². The maximum absolute atomic E-state index is 12.5. The van der Waals surface area contributed by atoms with E-state index >= 15 is 0 Å². The molecule has 0 unspecified atom stereocenters. The zero-order chi connectivity index (χ0) is 22.9. The lowest BCUT2D eigenvalue weighted by molar-refractivity contribution is 0.0977. The van der Waals surface area contributed by atoms with Crippen LogP contribution in [0.3, 0.4) is 0 Å². The Morgan fingerprint density at radius 1 is 1.09 bits per heavy atom. The second-order valence-electron chi connectivity index (χ2n) is 7.72. The fraction of sp³-hybridized carbons (Fsp3) is 0.417. The van der Waals surface area contributed by atoms with Crippen LogP contribution in [0, 0.1) is 0 Å². The molecule has 0 spiro atoms. The first kappa shape index (κ1) is 24.3. The molecule has 2 aromatic carbocycles. The molecular weight excluding hydrogens is 444 g/mol. The van der Waals surface area contributed by atoms with E-state index in [1.165, 1.54) is 0 Å². The minimum absolute atomic E-state index is 0.221. The van der Waals surface area contributed by atoms with E-state index in [1.54, 1.807) is 24.3 Å². The van der Waals surface area contributed by atoms with Crippen molar-refractivity contribution in [3.05, 3.63) is 53.1 Å². The van der Waals surface area contributed by atoms with E-state index in [-0.39, 0.29) is 11.0 Å². The van der Waals surface area contributed by atoms with Gasteiger partial charge in [-0.15, -0.1) is 0 Å². The summed E-state index contributed by atoms with van der Waals surface area (Å²) in [5.41, 5.74) is 2.26. The Hall–Kier alpha value is -2.35. The summed E-state index contributed by atoms with van der Waals surface area (Å²) < 4.78 is 5.63. The van der Waals surface area contributed by atoms with Crippen LogP contribution in [0.5, 0.6) is 5.75 Å². The summed E-state index contributed by atoms with van der Waals surface area (Å²) >= 11 is 11.9. The zero-order valence-electron chi connectivity index (χ0n) is 18.7. The zero-order valence-corrected chi connectivity index (χ0v) is 20.3. The number of halogens is 1. The number of nitrogens with zero attached hydrogens (tertiary/aromatic N) is 2. The Bertz CT molecular complexity index is 915. The van der Waals surface area contributed by atoms with Gasteiger partial charge in [0, 0.05) is 37.4 Å². The predicted molar refractivity (Wildman–Crippen MR) is 136 cm³/mol. The Morgan fingerprint density at radius 3 is 2.44 bits per heavy atom. The topological polar surface area (TPSA) is 56.8 Å². The highest BCUT2D eigenvalue weighted by Gasteiger charge is 2.18. The summed E-state index contributed by atoms with van der Waals surface area (Å²) in [6.07, 6.45) is 2.08. The van der Waals surface area contributed by atoms with Gasteiger partial charge in [0.25, 0.3) is 5.91 Å². The number of hydrogen-bond acceptors (Lipinski definition) is 5. The van der Waals surface area contributed by atoms with Gasteiger partial charge in [-0.2, -0.15) is 0 Å². The number of piperazine rings is 1. The van der Waals surface area contributed by atoms with Crippen LogP contribution in [-0.4, -0.2) is 55.3 Å². The average Bonchev–Trinajstić information content (AvgIpc) is 2.80. The van der Waals surface area contributed by atoms with Crippen molar-refractivity contribution in [2.24, 2.45) is 0 Å². The highest BCUT2D eigenvalue weighted by atomic mass is 35.5. The molecule has 0 radical (unpaired) electrons. The van der Waals surface area contributed by atoms with Crippen molar-refractivity contribution in [3.63, 3.8) is 0 Å². The quantitative estimate of drug-likeness (QED) is 0.424. The Morgan fingerprint density at radius 2 is 1.81 bits per heavy atom. The van der Waals surface area contributed by atoms with Gasteiger partial charge in [0.15, 0.2) is 5.11 Å². The molecule has 1 amide bonds. The highest BCUT2D eigenvalue weighted by Crippen LogP contribution is 2.29. The Balaban J connectivity index is 1.52. The number of thiocarbonyl (C=S) groups is 1. The molecular formula is C24H31ClN4O2S. The molecule has 32 heavy (non-hydrogen) atoms. The number of amides is 1. The normalized spacial score (nSPS) is 14.2. The first-order valence-electron chi connectivity index (χ1n) is 11.1. The van der Waals surface area contributed by atoms with Crippen molar-refractivity contribution in [1.29, 1.82) is 0 Å². The maximum atomic E-state index is 12.5. The van der Waals surface area contributed by atoms with Crippen molar-refractivity contribution in [2.75, 3.05) is 49.5 Å². The number of hydrogen-bond donors (Lipinski definition) is 2. The number of rotatable bonds is 8. The van der Waals surface area contributed by atoms with Gasteiger partial charge in [0.1, 0.15) is 5.75 Å². The third-order valence-electron chi connectivity index (χ3n) is 5.48. The third-order valence-corrected chi connectivity index (χ3v) is 5.98. The van der Waals surface area contributed by atoms with Crippen LogP contribution in [0.25, 0.3) is 0 Å². The monoisotopic (exact) mass is 474 g/mol. The lowest BCUT2D eigenvalue weighted by Gasteiger charge is -2.36. The predicted octanol–water partition coefficient (Wildman–Crippen LogP) is 4.79. The van der Waals surface area contributed by atoms with E-state index in [2.05, 4.69) is 34.3 Å². The number of unbranched alkanes of at least 4 members (excludes halogenated alkanes) is 1. The first-order valence-corrected chi connectivity index (χ1v) is 11.9. The number of benzene rings is 2. The number of nitrogens with one attached hydrogen (secondary N) is 2. The third kappa shape index (κ3) is 6.82. The molecule has 0 saturated carbocycles. The summed E-state index contributed by atoms with van der Waals surface area (Å²) in [6.45, 7) is 10.0. The largest absolute Gasteiger partial charge is 0.494 e. The van der Waals surface area contributed by atoms with Crippen molar-refractivity contribution >= 4 is 46.2 Å². The van der Waals surface area contributed by atoms with Crippen LogP contribution in [0.1, 0.15) is 37.0 Å². The van der Waals surface area contributed by atoms with Gasteiger partial charge in [-0.1, -0.05) is 31.9 Å². The summed E-state index contributed by atoms with van der Waals surface area (Å²) in [6, 6.07) is 12.8. The number of likely N-dealkylation sites (N-methyl/N-ethyl adjacent to an activating group) is 1. The van der Waals surface area contributed by atoms with Gasteiger partial charge >= 0.3 is 0 Å². The van der Waals surface area contributed by atoms with Gasteiger partial charge in [0.05, 0.1) is 17.3 Å². The highest BCUT2D eigenvalue weighted by molar-refractivity contribution is 7.80. The number of carbonyl (C=O) groups excluding carboxylic acids is 1. The van der Waals surface area contributed by atoms with Crippen LogP contribution in [0.15, 0.2) is 42.5 Å². The van der Waals surface area contributed by atoms with Crippen LogP contribution < -0.4 is 20.3 Å². The molecule has 8 heteroatoms. The Labute approximate surface area is 200 Å². The minimum Gasteiger partial charge on any atom is -0.494 e. The van der Waals surface area contributed by atoms with Gasteiger partial charge in [-0.05, 0) is 67.6 Å². The van der Waals surface area contributed by atoms with E-state index in [0.29, 0.717) is 17.2 Å². The van der Waals surface area contributed by atoms with Crippen LogP contribution in [0.2, 0.25) is 5.02 Å². The molecule has 1 fully saturated rings. The number of carbonyl (C=O) groups is 1. The van der Waals surface area contributed by atoms with Crippen LogP contribution >= 0.6 is 23.8 Å². The van der Waals surface area contributed by atoms with Crippen LogP contribution in [0.4, 0.5) is 11.4 Å². The molecule has 1 heterocycles. The number of anilines is 2. The van der Waals surface area contributed by atoms with Crippen molar-refractivity contribution in [3.8, 4) is 5.75 Å². The second-order valence-corrected chi connectivity index (χ2v) is 8.54. The molecule has 6 nitrogen and oxygen atoms in total.